The van der Waals surface area contributed by atoms with E-state index in [1.54, 1.807) is 0 Å². The predicted octanol–water partition coefficient (Wildman–Crippen LogP) is 3.73. The molecule has 0 radical (unpaired) electrons. The minimum atomic E-state index is 0. The van der Waals surface area contributed by atoms with Gasteiger partial charge in [0, 0.05) is 19.1 Å². The number of ether oxygens (including phenoxy) is 1. The van der Waals surface area contributed by atoms with Crippen molar-refractivity contribution in [2.24, 2.45) is 10.9 Å². The molecule has 1 aliphatic carbocycles. The maximum atomic E-state index is 5.79. The molecule has 0 bridgehead atoms. The summed E-state index contributed by atoms with van der Waals surface area (Å²) in [4.78, 5) is 4.69. The summed E-state index contributed by atoms with van der Waals surface area (Å²) < 4.78 is 5.79. The molecule has 0 aromatic heterocycles. The van der Waals surface area contributed by atoms with E-state index in [4.69, 9.17) is 4.74 Å². The van der Waals surface area contributed by atoms with E-state index in [1.807, 2.05) is 18.2 Å². The number of halogens is 1. The molecule has 1 aliphatic rings. The normalized spacial score (nSPS) is 15.8. The number of hydrogen-bond acceptors (Lipinski definition) is 2. The molecule has 0 saturated carbocycles. The Hall–Kier alpha value is -1.08. The van der Waals surface area contributed by atoms with Crippen molar-refractivity contribution in [2.45, 2.75) is 39.3 Å². The molecule has 24 heavy (non-hydrogen) atoms. The van der Waals surface area contributed by atoms with Gasteiger partial charge in [-0.05, 0) is 31.2 Å². The van der Waals surface area contributed by atoms with Crippen molar-refractivity contribution in [1.29, 1.82) is 0 Å². The summed E-state index contributed by atoms with van der Waals surface area (Å²) >= 11 is 0. The van der Waals surface area contributed by atoms with Crippen molar-refractivity contribution >= 4 is 29.9 Å². The van der Waals surface area contributed by atoms with E-state index < -0.39 is 0 Å². The van der Waals surface area contributed by atoms with Gasteiger partial charge in [0.05, 0.1) is 13.2 Å². The maximum absolute atomic E-state index is 5.79. The monoisotopic (exact) mass is 443 g/mol. The lowest BCUT2D eigenvalue weighted by atomic mass is 10.2. The first-order valence-corrected chi connectivity index (χ1v) is 8.59. The zero-order valence-electron chi connectivity index (χ0n) is 14.7. The van der Waals surface area contributed by atoms with E-state index in [0.29, 0.717) is 18.6 Å². The number of benzene rings is 1. The summed E-state index contributed by atoms with van der Waals surface area (Å²) in [6.45, 7) is 7.31. The van der Waals surface area contributed by atoms with Gasteiger partial charge in [0.15, 0.2) is 5.96 Å². The molecule has 1 unspecified atom stereocenters. The average Bonchev–Trinajstić information content (AvgIpc) is 3.07. The lowest BCUT2D eigenvalue weighted by molar-refractivity contribution is 0.0945. The lowest BCUT2D eigenvalue weighted by Crippen LogP contribution is -2.42. The van der Waals surface area contributed by atoms with Crippen LogP contribution in [-0.2, 0) is 11.3 Å². The molecule has 0 spiro atoms. The van der Waals surface area contributed by atoms with Gasteiger partial charge in [-0.15, -0.1) is 24.0 Å². The Bertz CT molecular complexity index is 497. The van der Waals surface area contributed by atoms with Crippen LogP contribution in [0.25, 0.3) is 0 Å². The Balaban J connectivity index is 0.00000288. The van der Waals surface area contributed by atoms with Crippen molar-refractivity contribution in [3.8, 4) is 0 Å². The second kappa shape index (κ2) is 12.3. The first kappa shape index (κ1) is 21.0. The fourth-order valence-corrected chi connectivity index (χ4v) is 2.50. The summed E-state index contributed by atoms with van der Waals surface area (Å²) in [6.07, 6.45) is 6.61. The molecule has 0 fully saturated rings. The SMILES string of the molecule is CCNC(=NCC(C)COCc1ccccc1)NC1CC=CC1.I. The number of aliphatic imine (C=N–C) groups is 1. The van der Waals surface area contributed by atoms with Gasteiger partial charge in [-0.3, -0.25) is 4.99 Å². The Morgan fingerprint density at radius 1 is 1.25 bits per heavy atom. The maximum Gasteiger partial charge on any atom is 0.191 e. The Morgan fingerprint density at radius 3 is 2.62 bits per heavy atom. The van der Waals surface area contributed by atoms with Crippen LogP contribution in [0.3, 0.4) is 0 Å². The molecule has 1 aromatic carbocycles. The third-order valence-electron chi connectivity index (χ3n) is 3.77. The third kappa shape index (κ3) is 8.15. The molecule has 134 valence electrons. The predicted molar refractivity (Wildman–Crippen MR) is 112 cm³/mol. The fraction of sp³-hybridized carbons (Fsp3) is 0.526. The first-order valence-electron chi connectivity index (χ1n) is 8.59. The standard InChI is InChI=1S/C19H29N3O.HI/c1-3-20-19(22-18-11-7-8-12-18)21-13-16(2)14-23-15-17-9-5-4-6-10-17;/h4-10,16,18H,3,11-15H2,1-2H3,(H2,20,21,22);1H. The highest BCUT2D eigenvalue weighted by molar-refractivity contribution is 14.0. The number of nitrogens with one attached hydrogen (secondary N) is 2. The van der Waals surface area contributed by atoms with Crippen molar-refractivity contribution in [1.82, 2.24) is 10.6 Å². The van der Waals surface area contributed by atoms with E-state index in [-0.39, 0.29) is 24.0 Å². The highest BCUT2D eigenvalue weighted by atomic mass is 127. The molecule has 2 rings (SSSR count). The molecule has 1 aromatic rings. The molecule has 2 N–H and O–H groups in total. The molecule has 0 heterocycles. The summed E-state index contributed by atoms with van der Waals surface area (Å²) in [5.41, 5.74) is 1.21. The van der Waals surface area contributed by atoms with Crippen LogP contribution in [0, 0.1) is 5.92 Å². The van der Waals surface area contributed by atoms with Crippen molar-refractivity contribution < 1.29 is 4.74 Å². The van der Waals surface area contributed by atoms with Gasteiger partial charge in [0.1, 0.15) is 0 Å². The van der Waals surface area contributed by atoms with Crippen molar-refractivity contribution in [3.63, 3.8) is 0 Å². The number of hydrogen-bond donors (Lipinski definition) is 2. The molecule has 0 saturated heterocycles. The summed E-state index contributed by atoms with van der Waals surface area (Å²) in [7, 11) is 0. The van der Waals surface area contributed by atoms with E-state index in [9.17, 15) is 0 Å². The summed E-state index contributed by atoms with van der Waals surface area (Å²) in [5.74, 6) is 1.31. The minimum Gasteiger partial charge on any atom is -0.376 e. The highest BCUT2D eigenvalue weighted by Gasteiger charge is 2.11. The van der Waals surface area contributed by atoms with Gasteiger partial charge >= 0.3 is 0 Å². The molecule has 0 aliphatic heterocycles. The molecule has 0 amide bonds. The Labute approximate surface area is 163 Å². The van der Waals surface area contributed by atoms with Gasteiger partial charge in [-0.25, -0.2) is 0 Å². The second-order valence-electron chi connectivity index (χ2n) is 6.11. The van der Waals surface area contributed by atoms with Crippen LogP contribution in [-0.4, -0.2) is 31.7 Å². The van der Waals surface area contributed by atoms with E-state index in [1.165, 1.54) is 5.56 Å². The zero-order chi connectivity index (χ0) is 16.3. The molecular weight excluding hydrogens is 413 g/mol. The van der Waals surface area contributed by atoms with Crippen LogP contribution in [0.2, 0.25) is 0 Å². The zero-order valence-corrected chi connectivity index (χ0v) is 17.0. The highest BCUT2D eigenvalue weighted by Crippen LogP contribution is 2.09. The van der Waals surface area contributed by atoms with Gasteiger partial charge in [0.25, 0.3) is 0 Å². The fourth-order valence-electron chi connectivity index (χ4n) is 2.50. The topological polar surface area (TPSA) is 45.7 Å². The van der Waals surface area contributed by atoms with Crippen LogP contribution >= 0.6 is 24.0 Å². The quantitative estimate of drug-likeness (QED) is 0.279. The summed E-state index contributed by atoms with van der Waals surface area (Å²) in [5, 5.41) is 6.81. The van der Waals surface area contributed by atoms with E-state index in [0.717, 1.165) is 38.5 Å². The van der Waals surface area contributed by atoms with Crippen LogP contribution in [0.1, 0.15) is 32.3 Å². The lowest BCUT2D eigenvalue weighted by Gasteiger charge is -2.17. The minimum absolute atomic E-state index is 0. The van der Waals surface area contributed by atoms with E-state index in [2.05, 4.69) is 53.8 Å². The largest absolute Gasteiger partial charge is 0.376 e. The first-order chi connectivity index (χ1) is 11.3. The van der Waals surface area contributed by atoms with Gasteiger partial charge in [-0.1, -0.05) is 49.4 Å². The molecular formula is C19H30IN3O. The second-order valence-corrected chi connectivity index (χ2v) is 6.11. The van der Waals surface area contributed by atoms with Crippen LogP contribution in [0.4, 0.5) is 0 Å². The van der Waals surface area contributed by atoms with Gasteiger partial charge in [-0.2, -0.15) is 0 Å². The average molecular weight is 443 g/mol. The van der Waals surface area contributed by atoms with Gasteiger partial charge in [0.2, 0.25) is 0 Å². The van der Waals surface area contributed by atoms with Gasteiger partial charge < -0.3 is 15.4 Å². The molecule has 1 atom stereocenters. The number of nitrogens with zero attached hydrogens (tertiary/aromatic N) is 1. The Morgan fingerprint density at radius 2 is 1.96 bits per heavy atom. The smallest absolute Gasteiger partial charge is 0.191 e. The van der Waals surface area contributed by atoms with Crippen LogP contribution in [0.15, 0.2) is 47.5 Å². The van der Waals surface area contributed by atoms with Crippen LogP contribution in [0.5, 0.6) is 0 Å². The Kier molecular flexibility index (Phi) is 10.7. The molecule has 4 nitrogen and oxygen atoms in total. The van der Waals surface area contributed by atoms with E-state index >= 15 is 0 Å². The van der Waals surface area contributed by atoms with Crippen LogP contribution < -0.4 is 10.6 Å². The summed E-state index contributed by atoms with van der Waals surface area (Å²) in [6, 6.07) is 10.8. The van der Waals surface area contributed by atoms with Crippen molar-refractivity contribution in [2.75, 3.05) is 19.7 Å². The third-order valence-corrected chi connectivity index (χ3v) is 3.77. The van der Waals surface area contributed by atoms with Crippen molar-refractivity contribution in [3.05, 3.63) is 48.0 Å². The number of rotatable bonds is 8. The molecule has 5 heteroatoms. The number of guanidine groups is 1.